The lowest BCUT2D eigenvalue weighted by Gasteiger charge is -2.58. The van der Waals surface area contributed by atoms with Crippen LogP contribution in [-0.2, 0) is 16.1 Å². The van der Waals surface area contributed by atoms with E-state index < -0.39 is 22.6 Å². The summed E-state index contributed by atoms with van der Waals surface area (Å²) in [5, 5.41) is 0. The second kappa shape index (κ2) is 7.33. The first-order chi connectivity index (χ1) is 10.6. The molecule has 0 bridgehead atoms. The van der Waals surface area contributed by atoms with Gasteiger partial charge in [0.05, 0.1) is 6.10 Å². The zero-order chi connectivity index (χ0) is 17.4. The molecule has 1 aromatic rings. The van der Waals surface area contributed by atoms with Crippen molar-refractivity contribution >= 4 is 18.3 Å². The van der Waals surface area contributed by atoms with E-state index >= 15 is 0 Å². The topological polar surface area (TPSA) is 55.6 Å². The smallest absolute Gasteiger partial charge is 0.243 e. The van der Waals surface area contributed by atoms with Crippen molar-refractivity contribution in [3.8, 4) is 0 Å². The summed E-state index contributed by atoms with van der Waals surface area (Å²) in [4.78, 5) is 14.2. The lowest BCUT2D eigenvalue weighted by molar-refractivity contribution is -0.178. The molecular weight excluding hydrogens is 338 g/mol. The van der Waals surface area contributed by atoms with Gasteiger partial charge in [-0.3, -0.25) is 4.79 Å². The van der Waals surface area contributed by atoms with E-state index in [0.29, 0.717) is 18.6 Å². The average Bonchev–Trinajstić information content (AvgIpc) is 2.49. The highest BCUT2D eigenvalue weighted by atomic mass is 35.5. The van der Waals surface area contributed by atoms with Crippen LogP contribution in [-0.4, -0.2) is 36.1 Å². The summed E-state index contributed by atoms with van der Waals surface area (Å²) < 4.78 is 31.9. The van der Waals surface area contributed by atoms with Gasteiger partial charge < -0.3 is 15.4 Å². The molecule has 0 aromatic heterocycles. The van der Waals surface area contributed by atoms with E-state index in [9.17, 15) is 13.6 Å². The van der Waals surface area contributed by atoms with E-state index in [1.165, 1.54) is 11.0 Å². The van der Waals surface area contributed by atoms with Gasteiger partial charge >= 0.3 is 0 Å². The number of carbonyl (C=O) groups is 1. The van der Waals surface area contributed by atoms with Crippen LogP contribution in [0.5, 0.6) is 0 Å². The van der Waals surface area contributed by atoms with Crippen LogP contribution in [0.3, 0.4) is 0 Å². The van der Waals surface area contributed by atoms with Crippen LogP contribution < -0.4 is 5.73 Å². The Kier molecular flexibility index (Phi) is 6.36. The van der Waals surface area contributed by atoms with Gasteiger partial charge in [-0.15, -0.1) is 12.4 Å². The third-order valence-electron chi connectivity index (χ3n) is 4.96. The Labute approximate surface area is 147 Å². The normalized spacial score (nSPS) is 24.7. The van der Waals surface area contributed by atoms with E-state index in [4.69, 9.17) is 10.5 Å². The highest BCUT2D eigenvalue weighted by Gasteiger charge is 2.63. The molecule has 0 heterocycles. The molecule has 2 rings (SSSR count). The van der Waals surface area contributed by atoms with E-state index in [1.54, 1.807) is 7.05 Å². The molecule has 1 aromatic carbocycles. The first-order valence-electron chi connectivity index (χ1n) is 7.73. The van der Waals surface area contributed by atoms with Crippen molar-refractivity contribution in [2.45, 2.75) is 45.4 Å². The number of hydrogen-bond acceptors (Lipinski definition) is 3. The van der Waals surface area contributed by atoms with Crippen molar-refractivity contribution < 1.29 is 18.3 Å². The van der Waals surface area contributed by atoms with Gasteiger partial charge in [0.1, 0.15) is 5.54 Å². The molecular formula is C17H25ClF2N2O2. The fourth-order valence-electron chi connectivity index (χ4n) is 3.12. The molecule has 7 heteroatoms. The Morgan fingerprint density at radius 3 is 2.50 bits per heavy atom. The van der Waals surface area contributed by atoms with Gasteiger partial charge in [0.25, 0.3) is 0 Å². The number of benzene rings is 1. The van der Waals surface area contributed by atoms with E-state index in [2.05, 4.69) is 0 Å². The third kappa shape index (κ3) is 3.41. The second-order valence-electron chi connectivity index (χ2n) is 6.75. The predicted molar refractivity (Wildman–Crippen MR) is 90.8 cm³/mol. The van der Waals surface area contributed by atoms with Gasteiger partial charge in [0, 0.05) is 32.0 Å². The maximum absolute atomic E-state index is 13.3. The number of hydrogen-bond donors (Lipinski definition) is 1. The Hall–Kier alpha value is -1.24. The third-order valence-corrected chi connectivity index (χ3v) is 4.96. The molecule has 1 aliphatic rings. The number of halogens is 3. The van der Waals surface area contributed by atoms with Gasteiger partial charge in [-0.1, -0.05) is 19.9 Å². The largest absolute Gasteiger partial charge is 0.378 e. The number of ether oxygens (including phenoxy) is 1. The minimum Gasteiger partial charge on any atom is -0.378 e. The van der Waals surface area contributed by atoms with Crippen LogP contribution in [0.1, 0.15) is 32.8 Å². The summed E-state index contributed by atoms with van der Waals surface area (Å²) in [6, 6.07) is 3.61. The van der Waals surface area contributed by atoms with Crippen molar-refractivity contribution in [3.63, 3.8) is 0 Å². The Bertz CT molecular complexity index is 612. The molecule has 0 spiro atoms. The van der Waals surface area contributed by atoms with Crippen molar-refractivity contribution in [1.82, 2.24) is 4.90 Å². The first-order valence-corrected chi connectivity index (χ1v) is 7.73. The molecule has 2 atom stereocenters. The molecule has 136 valence electrons. The molecule has 1 saturated carbocycles. The number of amides is 1. The van der Waals surface area contributed by atoms with E-state index in [-0.39, 0.29) is 31.0 Å². The molecule has 0 aliphatic heterocycles. The van der Waals surface area contributed by atoms with E-state index in [1.807, 2.05) is 20.8 Å². The van der Waals surface area contributed by atoms with Gasteiger partial charge in [-0.25, -0.2) is 8.78 Å². The lowest BCUT2D eigenvalue weighted by Crippen LogP contribution is -2.75. The number of carbonyl (C=O) groups excluding carboxylic acids is 1. The van der Waals surface area contributed by atoms with Crippen molar-refractivity contribution in [2.75, 3.05) is 13.7 Å². The SMILES string of the molecule is CCOC1CC(N)(C(=O)N(C)Cc2ccc(F)c(F)c2)C1(C)C.Cl. The Morgan fingerprint density at radius 1 is 1.38 bits per heavy atom. The molecule has 2 N–H and O–H groups in total. The van der Waals surface area contributed by atoms with Crippen LogP contribution in [0.15, 0.2) is 18.2 Å². The van der Waals surface area contributed by atoms with Crippen molar-refractivity contribution in [1.29, 1.82) is 0 Å². The van der Waals surface area contributed by atoms with Crippen LogP contribution in [0.25, 0.3) is 0 Å². The number of rotatable bonds is 5. The lowest BCUT2D eigenvalue weighted by atomic mass is 9.54. The van der Waals surface area contributed by atoms with E-state index in [0.717, 1.165) is 12.1 Å². The second-order valence-corrected chi connectivity index (χ2v) is 6.75. The summed E-state index contributed by atoms with van der Waals surface area (Å²) in [5.41, 5.74) is 5.37. The molecule has 4 nitrogen and oxygen atoms in total. The Morgan fingerprint density at radius 2 is 2.00 bits per heavy atom. The first kappa shape index (κ1) is 20.8. The van der Waals surface area contributed by atoms with Crippen molar-refractivity contribution in [3.05, 3.63) is 35.4 Å². The molecule has 0 radical (unpaired) electrons. The summed E-state index contributed by atoms with van der Waals surface area (Å²) in [7, 11) is 1.61. The number of likely N-dealkylation sites (N-methyl/N-ethyl adjacent to an activating group) is 1. The standard InChI is InChI=1S/C17H24F2N2O2.ClH/c1-5-23-14-9-17(20,16(14,2)3)15(22)21(4)10-11-6-7-12(18)13(19)8-11;/h6-8,14H,5,9-10,20H2,1-4H3;1H. The monoisotopic (exact) mass is 362 g/mol. The molecule has 1 aliphatic carbocycles. The summed E-state index contributed by atoms with van der Waals surface area (Å²) in [6.07, 6.45) is 0.396. The Balaban J connectivity index is 0.00000288. The minimum atomic E-state index is -1.01. The maximum atomic E-state index is 13.3. The molecule has 1 amide bonds. The highest BCUT2D eigenvalue weighted by Crippen LogP contribution is 2.50. The zero-order valence-electron chi connectivity index (χ0n) is 14.4. The quantitative estimate of drug-likeness (QED) is 0.876. The van der Waals surface area contributed by atoms with Crippen molar-refractivity contribution in [2.24, 2.45) is 11.1 Å². The van der Waals surface area contributed by atoms with Gasteiger partial charge in [0.15, 0.2) is 11.6 Å². The fourth-order valence-corrected chi connectivity index (χ4v) is 3.12. The number of nitrogens with zero attached hydrogens (tertiary/aromatic N) is 1. The minimum absolute atomic E-state index is 0. The zero-order valence-corrected chi connectivity index (χ0v) is 15.3. The van der Waals surface area contributed by atoms with Crippen LogP contribution >= 0.6 is 12.4 Å². The molecule has 24 heavy (non-hydrogen) atoms. The molecule has 0 saturated heterocycles. The highest BCUT2D eigenvalue weighted by molar-refractivity contribution is 5.88. The fraction of sp³-hybridized carbons (Fsp3) is 0.588. The van der Waals surface area contributed by atoms with Gasteiger partial charge in [-0.2, -0.15) is 0 Å². The van der Waals surface area contributed by atoms with Crippen LogP contribution in [0.2, 0.25) is 0 Å². The van der Waals surface area contributed by atoms with Crippen LogP contribution in [0.4, 0.5) is 8.78 Å². The molecule has 1 fully saturated rings. The van der Waals surface area contributed by atoms with Gasteiger partial charge in [0.2, 0.25) is 5.91 Å². The average molecular weight is 363 g/mol. The summed E-state index contributed by atoms with van der Waals surface area (Å²) >= 11 is 0. The van der Waals surface area contributed by atoms with Gasteiger partial charge in [-0.05, 0) is 24.6 Å². The maximum Gasteiger partial charge on any atom is 0.243 e. The summed E-state index contributed by atoms with van der Waals surface area (Å²) in [6.45, 7) is 6.48. The van der Waals surface area contributed by atoms with Crippen LogP contribution in [0, 0.1) is 17.0 Å². The predicted octanol–water partition coefficient (Wildman–Crippen LogP) is 2.88. The molecule has 2 unspecified atom stereocenters. The summed E-state index contributed by atoms with van der Waals surface area (Å²) in [5.74, 6) is -2.05. The number of nitrogens with two attached hydrogens (primary N) is 1.